The van der Waals surface area contributed by atoms with E-state index in [9.17, 15) is 9.59 Å². The summed E-state index contributed by atoms with van der Waals surface area (Å²) in [6.45, 7) is 6.86. The highest BCUT2D eigenvalue weighted by molar-refractivity contribution is 5.88. The Kier molecular flexibility index (Phi) is 4.74. The van der Waals surface area contributed by atoms with Gasteiger partial charge in [-0.3, -0.25) is 4.79 Å². The molecule has 0 heterocycles. The van der Waals surface area contributed by atoms with Crippen LogP contribution in [0.5, 0.6) is 0 Å². The molecule has 0 saturated heterocycles. The van der Waals surface area contributed by atoms with Gasteiger partial charge < -0.3 is 15.4 Å². The van der Waals surface area contributed by atoms with Gasteiger partial charge in [-0.05, 0) is 27.7 Å². The largest absolute Gasteiger partial charge is 0.444 e. The molecule has 0 aromatic rings. The second-order valence-corrected chi connectivity index (χ2v) is 4.44. The van der Waals surface area contributed by atoms with Gasteiger partial charge in [-0.25, -0.2) is 4.79 Å². The molecule has 0 aromatic carbocycles. The van der Waals surface area contributed by atoms with Crippen molar-refractivity contribution in [2.24, 2.45) is 5.73 Å². The van der Waals surface area contributed by atoms with Gasteiger partial charge in [-0.15, -0.1) is 0 Å². The maximum absolute atomic E-state index is 11.5. The Labute approximate surface area is 90.6 Å². The van der Waals surface area contributed by atoms with Crippen LogP contribution < -0.4 is 5.73 Å². The van der Waals surface area contributed by atoms with Crippen LogP contribution in [0.25, 0.3) is 0 Å². The molecule has 15 heavy (non-hydrogen) atoms. The zero-order valence-electron chi connectivity index (χ0n) is 10.0. The van der Waals surface area contributed by atoms with Gasteiger partial charge >= 0.3 is 6.09 Å². The van der Waals surface area contributed by atoms with Crippen LogP contribution in [-0.2, 0) is 9.53 Å². The predicted molar refractivity (Wildman–Crippen MR) is 57.5 cm³/mol. The van der Waals surface area contributed by atoms with E-state index in [1.807, 2.05) is 0 Å². The van der Waals surface area contributed by atoms with E-state index < -0.39 is 17.7 Å². The van der Waals surface area contributed by atoms with Crippen LogP contribution in [0, 0.1) is 0 Å². The number of carbonyl (C=O) groups excluding carboxylic acids is 2. The van der Waals surface area contributed by atoms with Gasteiger partial charge in [0.25, 0.3) is 0 Å². The first-order valence-corrected chi connectivity index (χ1v) is 4.87. The molecular weight excluding hydrogens is 196 g/mol. The molecule has 1 amide bonds. The van der Waals surface area contributed by atoms with Gasteiger partial charge in [0.2, 0.25) is 0 Å². The van der Waals surface area contributed by atoms with Crippen LogP contribution in [0.1, 0.15) is 27.7 Å². The van der Waals surface area contributed by atoms with Crippen LogP contribution >= 0.6 is 0 Å². The van der Waals surface area contributed by atoms with E-state index in [1.54, 1.807) is 27.7 Å². The highest BCUT2D eigenvalue weighted by atomic mass is 16.6. The lowest BCUT2D eigenvalue weighted by Gasteiger charge is -2.27. The van der Waals surface area contributed by atoms with Crippen molar-refractivity contribution in [2.75, 3.05) is 13.6 Å². The number of Topliss-reactive ketones (excluding diaryl/α,β-unsaturated/α-hetero) is 1. The fourth-order valence-corrected chi connectivity index (χ4v) is 0.879. The third-order valence-corrected chi connectivity index (χ3v) is 1.93. The molecule has 5 nitrogen and oxygen atoms in total. The second-order valence-electron chi connectivity index (χ2n) is 4.44. The number of ketones is 1. The van der Waals surface area contributed by atoms with E-state index in [1.165, 1.54) is 11.9 Å². The van der Waals surface area contributed by atoms with Gasteiger partial charge in [0.05, 0.1) is 12.6 Å². The highest BCUT2D eigenvalue weighted by Crippen LogP contribution is 2.10. The zero-order valence-corrected chi connectivity index (χ0v) is 10.0. The Morgan fingerprint density at radius 2 is 1.87 bits per heavy atom. The minimum Gasteiger partial charge on any atom is -0.444 e. The maximum Gasteiger partial charge on any atom is 0.410 e. The molecule has 0 aromatic heterocycles. The summed E-state index contributed by atoms with van der Waals surface area (Å²) in [6, 6.07) is -0.551. The molecule has 88 valence electrons. The van der Waals surface area contributed by atoms with Crippen LogP contribution in [-0.4, -0.2) is 42.0 Å². The SMILES string of the molecule is CC(C(=O)CN)N(C)C(=O)OC(C)(C)C. The molecule has 0 spiro atoms. The number of hydrogen-bond acceptors (Lipinski definition) is 4. The molecule has 1 atom stereocenters. The van der Waals surface area contributed by atoms with Gasteiger partial charge in [-0.1, -0.05) is 0 Å². The van der Waals surface area contributed by atoms with E-state index >= 15 is 0 Å². The number of ether oxygens (including phenoxy) is 1. The normalized spacial score (nSPS) is 13.2. The van der Waals surface area contributed by atoms with E-state index in [2.05, 4.69) is 0 Å². The number of nitrogens with two attached hydrogens (primary N) is 1. The Morgan fingerprint density at radius 1 is 1.40 bits per heavy atom. The Morgan fingerprint density at radius 3 is 2.20 bits per heavy atom. The second kappa shape index (κ2) is 5.11. The van der Waals surface area contributed by atoms with Crippen molar-refractivity contribution in [3.8, 4) is 0 Å². The Bertz CT molecular complexity index is 246. The molecule has 0 aliphatic heterocycles. The molecule has 0 aliphatic rings. The predicted octanol–water partition coefficient (Wildman–Crippen LogP) is 0.770. The monoisotopic (exact) mass is 216 g/mol. The van der Waals surface area contributed by atoms with Crippen LogP contribution in [0.3, 0.4) is 0 Å². The molecule has 0 aliphatic carbocycles. The molecule has 1 unspecified atom stereocenters. The fraction of sp³-hybridized carbons (Fsp3) is 0.800. The molecule has 0 bridgehead atoms. The Balaban J connectivity index is 4.39. The summed E-state index contributed by atoms with van der Waals surface area (Å²) in [5.41, 5.74) is 4.65. The third kappa shape index (κ3) is 4.78. The number of rotatable bonds is 3. The van der Waals surface area contributed by atoms with Crippen LogP contribution in [0.2, 0.25) is 0 Å². The molecule has 5 heteroatoms. The average Bonchev–Trinajstić information content (AvgIpc) is 2.11. The van der Waals surface area contributed by atoms with E-state index in [4.69, 9.17) is 10.5 Å². The van der Waals surface area contributed by atoms with Crippen molar-refractivity contribution in [2.45, 2.75) is 39.3 Å². The summed E-state index contributed by atoms with van der Waals surface area (Å²) in [7, 11) is 1.52. The lowest BCUT2D eigenvalue weighted by Crippen LogP contribution is -2.45. The Hall–Kier alpha value is -1.10. The van der Waals surface area contributed by atoms with Crippen molar-refractivity contribution >= 4 is 11.9 Å². The molecule has 0 saturated carbocycles. The smallest absolute Gasteiger partial charge is 0.410 e. The van der Waals surface area contributed by atoms with E-state index in [0.29, 0.717) is 0 Å². The standard InChI is InChI=1S/C10H20N2O3/c1-7(8(13)6-11)12(5)9(14)15-10(2,3)4/h7H,6,11H2,1-5H3. The summed E-state index contributed by atoms with van der Waals surface area (Å²) in [6.07, 6.45) is -0.517. The molecule has 0 rings (SSSR count). The van der Waals surface area contributed by atoms with E-state index in [-0.39, 0.29) is 12.3 Å². The van der Waals surface area contributed by atoms with Crippen molar-refractivity contribution in [3.05, 3.63) is 0 Å². The third-order valence-electron chi connectivity index (χ3n) is 1.93. The van der Waals surface area contributed by atoms with E-state index in [0.717, 1.165) is 0 Å². The zero-order chi connectivity index (χ0) is 12.2. The first-order chi connectivity index (χ1) is 6.69. The van der Waals surface area contributed by atoms with Gasteiger partial charge in [0.1, 0.15) is 5.60 Å². The summed E-state index contributed by atoms with van der Waals surface area (Å²) in [4.78, 5) is 24.0. The van der Waals surface area contributed by atoms with Crippen LogP contribution in [0.4, 0.5) is 4.79 Å². The van der Waals surface area contributed by atoms with Crippen molar-refractivity contribution in [1.29, 1.82) is 0 Å². The summed E-state index contributed by atoms with van der Waals surface area (Å²) in [5.74, 6) is -0.191. The lowest BCUT2D eigenvalue weighted by atomic mass is 10.2. The molecule has 0 fully saturated rings. The number of amides is 1. The fourth-order valence-electron chi connectivity index (χ4n) is 0.879. The minimum atomic E-state index is -0.559. The van der Waals surface area contributed by atoms with Crippen molar-refractivity contribution < 1.29 is 14.3 Å². The maximum atomic E-state index is 11.5. The number of nitrogens with zero attached hydrogens (tertiary/aromatic N) is 1. The quantitative estimate of drug-likeness (QED) is 0.756. The average molecular weight is 216 g/mol. The number of hydrogen-bond donors (Lipinski definition) is 1. The van der Waals surface area contributed by atoms with Gasteiger partial charge in [0.15, 0.2) is 5.78 Å². The van der Waals surface area contributed by atoms with Gasteiger partial charge in [0, 0.05) is 7.05 Å². The number of carbonyl (C=O) groups is 2. The minimum absolute atomic E-state index is 0.0751. The van der Waals surface area contributed by atoms with Crippen molar-refractivity contribution in [3.63, 3.8) is 0 Å². The van der Waals surface area contributed by atoms with Crippen LogP contribution in [0.15, 0.2) is 0 Å². The van der Waals surface area contributed by atoms with Crippen molar-refractivity contribution in [1.82, 2.24) is 4.90 Å². The molecule has 2 N–H and O–H groups in total. The summed E-state index contributed by atoms with van der Waals surface area (Å²) < 4.78 is 5.11. The highest BCUT2D eigenvalue weighted by Gasteiger charge is 2.25. The lowest BCUT2D eigenvalue weighted by molar-refractivity contribution is -0.121. The first kappa shape index (κ1) is 13.9. The number of likely N-dealkylation sites (N-methyl/N-ethyl adjacent to an activating group) is 1. The first-order valence-electron chi connectivity index (χ1n) is 4.87. The van der Waals surface area contributed by atoms with Gasteiger partial charge in [-0.2, -0.15) is 0 Å². The summed E-state index contributed by atoms with van der Waals surface area (Å²) in [5, 5.41) is 0. The summed E-state index contributed by atoms with van der Waals surface area (Å²) >= 11 is 0. The molecule has 0 radical (unpaired) electrons. The molecular formula is C10H20N2O3. The topological polar surface area (TPSA) is 72.6 Å².